The number of rotatable bonds is 4. The van der Waals surface area contributed by atoms with Crippen LogP contribution in [-0.4, -0.2) is 30.9 Å². The van der Waals surface area contributed by atoms with Crippen molar-refractivity contribution in [2.24, 2.45) is 0 Å². The molecule has 2 N–H and O–H groups in total. The molecule has 1 aliphatic rings. The van der Waals surface area contributed by atoms with Crippen LogP contribution in [0.2, 0.25) is 0 Å². The third-order valence-electron chi connectivity index (χ3n) is 4.38. The van der Waals surface area contributed by atoms with Gasteiger partial charge in [-0.3, -0.25) is 4.98 Å². The zero-order valence-corrected chi connectivity index (χ0v) is 13.3. The minimum absolute atomic E-state index is 0.202. The predicted octanol–water partition coefficient (Wildman–Crippen LogP) is 2.01. The Hall–Kier alpha value is -2.73. The molecular formula is C18H19N5O. The molecule has 1 atom stereocenters. The van der Waals surface area contributed by atoms with Crippen LogP contribution >= 0.6 is 0 Å². The molecule has 0 amide bonds. The summed E-state index contributed by atoms with van der Waals surface area (Å²) in [5.41, 5.74) is 2.91. The van der Waals surface area contributed by atoms with Crippen LogP contribution in [0.5, 0.6) is 5.88 Å². The number of aromatic nitrogens is 4. The molecule has 0 aliphatic heterocycles. The van der Waals surface area contributed by atoms with E-state index in [1.807, 2.05) is 36.4 Å². The average Bonchev–Trinajstić information content (AvgIpc) is 2.98. The highest BCUT2D eigenvalue weighted by molar-refractivity contribution is 5.39. The van der Waals surface area contributed by atoms with E-state index in [1.165, 1.54) is 4.68 Å². The van der Waals surface area contributed by atoms with Crippen LogP contribution in [0.1, 0.15) is 23.4 Å². The molecule has 0 saturated carbocycles. The Labute approximate surface area is 140 Å². The van der Waals surface area contributed by atoms with Crippen molar-refractivity contribution in [2.75, 3.05) is 0 Å². The summed E-state index contributed by atoms with van der Waals surface area (Å²) in [5, 5.41) is 18.6. The van der Waals surface area contributed by atoms with Gasteiger partial charge in [-0.2, -0.15) is 9.78 Å². The molecule has 3 aromatic rings. The van der Waals surface area contributed by atoms with E-state index in [4.69, 9.17) is 0 Å². The van der Waals surface area contributed by atoms with Gasteiger partial charge in [0.2, 0.25) is 5.88 Å². The number of nitrogens with zero attached hydrogens (tertiary/aromatic N) is 4. The van der Waals surface area contributed by atoms with Gasteiger partial charge in [-0.05, 0) is 43.5 Å². The first-order valence-corrected chi connectivity index (χ1v) is 8.15. The Kier molecular flexibility index (Phi) is 3.96. The number of pyridine rings is 2. The zero-order valence-electron chi connectivity index (χ0n) is 13.3. The first-order chi connectivity index (χ1) is 11.8. The van der Waals surface area contributed by atoms with Crippen LogP contribution in [-0.2, 0) is 19.4 Å². The molecule has 0 radical (unpaired) electrons. The summed E-state index contributed by atoms with van der Waals surface area (Å²) in [5.74, 6) is 0.843. The fourth-order valence-electron chi connectivity index (χ4n) is 3.12. The molecule has 1 unspecified atom stereocenters. The smallest absolute Gasteiger partial charge is 0.219 e. The summed E-state index contributed by atoms with van der Waals surface area (Å²) < 4.78 is 1.53. The van der Waals surface area contributed by atoms with Gasteiger partial charge in [0.05, 0.1) is 11.4 Å². The van der Waals surface area contributed by atoms with Gasteiger partial charge in [-0.15, -0.1) is 0 Å². The highest BCUT2D eigenvalue weighted by Crippen LogP contribution is 2.30. The van der Waals surface area contributed by atoms with Crippen molar-refractivity contribution in [3.8, 4) is 11.7 Å². The van der Waals surface area contributed by atoms with Crippen molar-refractivity contribution < 1.29 is 5.11 Å². The first kappa shape index (κ1) is 14.8. The van der Waals surface area contributed by atoms with Gasteiger partial charge in [0.25, 0.3) is 0 Å². The predicted molar refractivity (Wildman–Crippen MR) is 89.9 cm³/mol. The van der Waals surface area contributed by atoms with Crippen LogP contribution in [0.25, 0.3) is 5.82 Å². The van der Waals surface area contributed by atoms with Crippen LogP contribution in [0.3, 0.4) is 0 Å². The maximum Gasteiger partial charge on any atom is 0.219 e. The fourth-order valence-corrected chi connectivity index (χ4v) is 3.12. The Morgan fingerprint density at radius 2 is 1.96 bits per heavy atom. The molecule has 6 heteroatoms. The first-order valence-electron chi connectivity index (χ1n) is 8.15. The van der Waals surface area contributed by atoms with Gasteiger partial charge in [0.15, 0.2) is 5.82 Å². The van der Waals surface area contributed by atoms with E-state index in [9.17, 15) is 5.11 Å². The highest BCUT2D eigenvalue weighted by atomic mass is 16.3. The molecule has 0 fully saturated rings. The lowest BCUT2D eigenvalue weighted by molar-refractivity contribution is 0.412. The van der Waals surface area contributed by atoms with Crippen molar-refractivity contribution in [3.05, 3.63) is 65.7 Å². The molecule has 0 bridgehead atoms. The van der Waals surface area contributed by atoms with Crippen molar-refractivity contribution in [1.82, 2.24) is 25.1 Å². The second-order valence-electron chi connectivity index (χ2n) is 5.99. The summed E-state index contributed by atoms with van der Waals surface area (Å²) in [6, 6.07) is 11.8. The van der Waals surface area contributed by atoms with Gasteiger partial charge in [0.1, 0.15) is 0 Å². The summed E-state index contributed by atoms with van der Waals surface area (Å²) >= 11 is 0. The number of nitrogens with one attached hydrogen (secondary N) is 1. The second-order valence-corrected chi connectivity index (χ2v) is 5.99. The largest absolute Gasteiger partial charge is 0.493 e. The van der Waals surface area contributed by atoms with E-state index < -0.39 is 0 Å². The molecule has 6 nitrogen and oxygen atoms in total. The van der Waals surface area contributed by atoms with Crippen LogP contribution in [0.15, 0.2) is 48.8 Å². The third-order valence-corrected chi connectivity index (χ3v) is 4.38. The molecule has 3 heterocycles. The van der Waals surface area contributed by atoms with Crippen molar-refractivity contribution >= 4 is 0 Å². The zero-order chi connectivity index (χ0) is 16.4. The van der Waals surface area contributed by atoms with Crippen molar-refractivity contribution in [1.29, 1.82) is 0 Å². The molecule has 0 spiro atoms. The molecule has 122 valence electrons. The van der Waals surface area contributed by atoms with Gasteiger partial charge >= 0.3 is 0 Å². The number of hydrogen-bond donors (Lipinski definition) is 2. The molecule has 1 aliphatic carbocycles. The molecule has 24 heavy (non-hydrogen) atoms. The van der Waals surface area contributed by atoms with E-state index in [2.05, 4.69) is 20.4 Å². The normalized spacial score (nSPS) is 16.8. The summed E-state index contributed by atoms with van der Waals surface area (Å²) in [6.07, 6.45) is 6.12. The van der Waals surface area contributed by atoms with Crippen LogP contribution in [0, 0.1) is 0 Å². The van der Waals surface area contributed by atoms with E-state index in [1.54, 1.807) is 12.4 Å². The average molecular weight is 321 g/mol. The Morgan fingerprint density at radius 3 is 2.71 bits per heavy atom. The standard InChI is InChI=1S/C18H19N5O/c24-18-15-11-13(21-12-14-5-1-3-9-19-14)7-8-16(15)22-23(18)17-6-2-4-10-20-17/h1-6,9-10,13,21,24H,7-8,11-12H2. The topological polar surface area (TPSA) is 75.9 Å². The number of aromatic hydroxyl groups is 1. The third kappa shape index (κ3) is 2.88. The molecule has 0 aromatic carbocycles. The quantitative estimate of drug-likeness (QED) is 0.769. The van der Waals surface area contributed by atoms with Gasteiger partial charge in [-0.25, -0.2) is 4.98 Å². The number of hydrogen-bond acceptors (Lipinski definition) is 5. The molecule has 0 saturated heterocycles. The van der Waals surface area contributed by atoms with Gasteiger partial charge in [-0.1, -0.05) is 12.1 Å². The van der Waals surface area contributed by atoms with Crippen molar-refractivity contribution in [3.63, 3.8) is 0 Å². The monoisotopic (exact) mass is 321 g/mol. The minimum Gasteiger partial charge on any atom is -0.493 e. The Morgan fingerprint density at radius 1 is 1.12 bits per heavy atom. The molecule has 4 rings (SSSR count). The lowest BCUT2D eigenvalue weighted by Gasteiger charge is -2.22. The van der Waals surface area contributed by atoms with Crippen LogP contribution < -0.4 is 5.32 Å². The Balaban J connectivity index is 1.50. The Bertz CT molecular complexity index is 816. The number of fused-ring (bicyclic) bond motifs is 1. The minimum atomic E-state index is 0.202. The molecular weight excluding hydrogens is 302 g/mol. The highest BCUT2D eigenvalue weighted by Gasteiger charge is 2.26. The van der Waals surface area contributed by atoms with Gasteiger partial charge < -0.3 is 10.4 Å². The second kappa shape index (κ2) is 6.41. The fraction of sp³-hybridized carbons (Fsp3) is 0.278. The van der Waals surface area contributed by atoms with Crippen molar-refractivity contribution in [2.45, 2.75) is 31.8 Å². The van der Waals surface area contributed by atoms with E-state index in [0.717, 1.165) is 42.8 Å². The lowest BCUT2D eigenvalue weighted by atomic mass is 9.93. The summed E-state index contributed by atoms with van der Waals surface area (Å²) in [6.45, 7) is 0.732. The maximum atomic E-state index is 10.6. The maximum absolute atomic E-state index is 10.6. The number of aryl methyl sites for hydroxylation is 1. The summed E-state index contributed by atoms with van der Waals surface area (Å²) in [4.78, 5) is 8.60. The van der Waals surface area contributed by atoms with E-state index >= 15 is 0 Å². The van der Waals surface area contributed by atoms with Gasteiger partial charge in [0, 0.05) is 30.5 Å². The van der Waals surface area contributed by atoms with E-state index in [0.29, 0.717) is 11.9 Å². The SMILES string of the molecule is Oc1c2c(nn1-c1ccccn1)CCC(NCc1ccccn1)C2. The van der Waals surface area contributed by atoms with Crippen LogP contribution in [0.4, 0.5) is 0 Å². The van der Waals surface area contributed by atoms with E-state index in [-0.39, 0.29) is 5.88 Å². The molecule has 3 aromatic heterocycles. The lowest BCUT2D eigenvalue weighted by Crippen LogP contribution is -2.34. The summed E-state index contributed by atoms with van der Waals surface area (Å²) in [7, 11) is 0.